The molecule has 0 aromatic carbocycles. The van der Waals surface area contributed by atoms with E-state index < -0.39 is 20.0 Å². The first-order valence-electron chi connectivity index (χ1n) is 22.3. The molecule has 0 heterocycles. The summed E-state index contributed by atoms with van der Waals surface area (Å²) >= 11 is 0. The van der Waals surface area contributed by atoms with Crippen molar-refractivity contribution in [3.8, 4) is 0 Å². The number of quaternary nitrogens is 1. The van der Waals surface area contributed by atoms with E-state index >= 15 is 0 Å². The minimum absolute atomic E-state index is 0.0403. The van der Waals surface area contributed by atoms with E-state index in [0.717, 1.165) is 44.9 Å². The fourth-order valence-corrected chi connectivity index (χ4v) is 6.63. The highest BCUT2D eigenvalue weighted by molar-refractivity contribution is 7.47. The average Bonchev–Trinajstić information content (AvgIpc) is 3.15. The number of nitrogens with one attached hydrogen (secondary N) is 1. The average molecular weight is 806 g/mol. The third kappa shape index (κ3) is 40.1. The third-order valence-corrected chi connectivity index (χ3v) is 10.4. The van der Waals surface area contributed by atoms with Gasteiger partial charge < -0.3 is 19.8 Å². The number of hydrogen-bond acceptors (Lipinski definition) is 5. The van der Waals surface area contributed by atoms with Crippen LogP contribution in [0.1, 0.15) is 168 Å². The van der Waals surface area contributed by atoms with Gasteiger partial charge in [0.15, 0.2) is 0 Å². The Kier molecular flexibility index (Phi) is 37.0. The maximum Gasteiger partial charge on any atom is 0.472 e. The zero-order valence-electron chi connectivity index (χ0n) is 36.6. The first-order valence-corrected chi connectivity index (χ1v) is 23.8. The van der Waals surface area contributed by atoms with Crippen LogP contribution in [0.2, 0.25) is 0 Å². The highest BCUT2D eigenvalue weighted by Crippen LogP contribution is 2.43. The van der Waals surface area contributed by atoms with Crippen LogP contribution in [-0.4, -0.2) is 73.4 Å². The minimum atomic E-state index is -4.37. The molecule has 0 aromatic heterocycles. The van der Waals surface area contributed by atoms with E-state index in [1.54, 1.807) is 6.08 Å². The first kappa shape index (κ1) is 53.9. The molecule has 3 atom stereocenters. The zero-order valence-corrected chi connectivity index (χ0v) is 37.5. The lowest BCUT2D eigenvalue weighted by Crippen LogP contribution is -2.45. The first-order chi connectivity index (χ1) is 27.0. The van der Waals surface area contributed by atoms with Gasteiger partial charge in [-0.2, -0.15) is 0 Å². The second kappa shape index (κ2) is 38.5. The number of hydrogen-bond donors (Lipinski definition) is 3. The van der Waals surface area contributed by atoms with Gasteiger partial charge in [0.2, 0.25) is 5.91 Å². The molecule has 1 amide bonds. The summed E-state index contributed by atoms with van der Waals surface area (Å²) in [4.78, 5) is 23.0. The van der Waals surface area contributed by atoms with Gasteiger partial charge in [0.1, 0.15) is 13.2 Å². The second-order valence-corrected chi connectivity index (χ2v) is 17.5. The topological polar surface area (TPSA) is 105 Å². The Morgan fingerprint density at radius 1 is 0.625 bits per heavy atom. The molecular formula is C47H86N2O6P+. The van der Waals surface area contributed by atoms with Crippen LogP contribution in [0.5, 0.6) is 0 Å². The molecule has 56 heavy (non-hydrogen) atoms. The van der Waals surface area contributed by atoms with Crippen molar-refractivity contribution in [2.75, 3.05) is 40.9 Å². The van der Waals surface area contributed by atoms with E-state index in [-0.39, 0.29) is 25.5 Å². The molecule has 0 fully saturated rings. The number of allylic oxidation sites excluding steroid dienone is 11. The number of rotatable bonds is 39. The molecule has 0 rings (SSSR count). The molecule has 324 valence electrons. The van der Waals surface area contributed by atoms with Crippen molar-refractivity contribution >= 4 is 13.7 Å². The smallest absolute Gasteiger partial charge is 0.387 e. The van der Waals surface area contributed by atoms with Crippen molar-refractivity contribution < 1.29 is 32.9 Å². The van der Waals surface area contributed by atoms with Crippen molar-refractivity contribution in [2.45, 2.75) is 180 Å². The number of carbonyl (C=O) groups excluding carboxylic acids is 1. The molecule has 0 aliphatic heterocycles. The standard InChI is InChI=1S/C47H85N2O6P/c1-6-8-10-12-14-16-18-20-21-22-23-24-25-26-27-29-30-32-34-36-38-40-46(50)45(44-55-56(52,53)54-43-42-49(3,4)5)48-47(51)41-39-37-35-33-31-28-19-17-15-13-11-9-7-2/h9,11,15,17,28,30-32,35,37-38,40,45-46,50H,6-8,10,12-14,16,18-27,29,33-34,36,39,41-44H2,1-5H3,(H-,48,51,52,53)/p+1/b11-9-,17-15-,31-28-,32-30+,37-35-,40-38+. The van der Waals surface area contributed by atoms with E-state index in [0.29, 0.717) is 17.4 Å². The van der Waals surface area contributed by atoms with Gasteiger partial charge in [0, 0.05) is 6.42 Å². The van der Waals surface area contributed by atoms with Gasteiger partial charge in [-0.05, 0) is 57.8 Å². The Labute approximate surface area is 344 Å². The minimum Gasteiger partial charge on any atom is -0.387 e. The number of amides is 1. The third-order valence-electron chi connectivity index (χ3n) is 9.42. The number of nitrogens with zero attached hydrogens (tertiary/aromatic N) is 1. The lowest BCUT2D eigenvalue weighted by molar-refractivity contribution is -0.870. The molecule has 8 nitrogen and oxygen atoms in total. The number of likely N-dealkylation sites (N-methyl/N-ethyl adjacent to an activating group) is 1. The monoisotopic (exact) mass is 806 g/mol. The van der Waals surface area contributed by atoms with E-state index in [1.165, 1.54) is 96.3 Å². The van der Waals surface area contributed by atoms with Crippen LogP contribution in [0, 0.1) is 0 Å². The van der Waals surface area contributed by atoms with Crippen LogP contribution >= 0.6 is 7.82 Å². The predicted molar refractivity (Wildman–Crippen MR) is 240 cm³/mol. The summed E-state index contributed by atoms with van der Waals surface area (Å²) in [5, 5.41) is 13.7. The lowest BCUT2D eigenvalue weighted by Gasteiger charge is -2.25. The number of unbranched alkanes of at least 4 members (excludes halogenated alkanes) is 16. The Morgan fingerprint density at radius 2 is 1.09 bits per heavy atom. The fourth-order valence-electron chi connectivity index (χ4n) is 5.89. The van der Waals surface area contributed by atoms with E-state index in [9.17, 15) is 19.4 Å². The largest absolute Gasteiger partial charge is 0.472 e. The van der Waals surface area contributed by atoms with Gasteiger partial charge in [0.05, 0.1) is 39.9 Å². The van der Waals surface area contributed by atoms with E-state index in [2.05, 4.69) is 67.8 Å². The highest BCUT2D eigenvalue weighted by atomic mass is 31.2. The zero-order chi connectivity index (χ0) is 41.4. The Morgan fingerprint density at radius 3 is 1.62 bits per heavy atom. The number of phosphoric acid groups is 1. The molecule has 0 radical (unpaired) electrons. The molecule has 3 N–H and O–H groups in total. The van der Waals surface area contributed by atoms with Crippen molar-refractivity contribution in [2.24, 2.45) is 0 Å². The van der Waals surface area contributed by atoms with Crippen LogP contribution in [0.4, 0.5) is 0 Å². The number of aliphatic hydroxyl groups is 1. The Hall–Kier alpha value is -2.06. The molecule has 0 spiro atoms. The maximum absolute atomic E-state index is 12.8. The van der Waals surface area contributed by atoms with Crippen LogP contribution in [-0.2, 0) is 18.4 Å². The van der Waals surface area contributed by atoms with Gasteiger partial charge in [-0.3, -0.25) is 13.8 Å². The summed E-state index contributed by atoms with van der Waals surface area (Å²) in [7, 11) is 1.50. The van der Waals surface area contributed by atoms with Gasteiger partial charge in [0.25, 0.3) is 0 Å². The molecule has 0 aliphatic carbocycles. The number of aliphatic hydroxyl groups excluding tert-OH is 1. The summed E-state index contributed by atoms with van der Waals surface area (Å²) in [6.07, 6.45) is 51.5. The molecule has 3 unspecified atom stereocenters. The SMILES string of the molecule is CC/C=C\C/C=C\C/C=C\C/C=C\CCC(=O)NC(COP(=O)(O)OCC[N+](C)(C)C)C(O)/C=C/CC/C=C/CCCCCCCCCCCCCCCCC. The fraction of sp³-hybridized carbons (Fsp3) is 0.723. The van der Waals surface area contributed by atoms with Gasteiger partial charge in [-0.1, -0.05) is 177 Å². The molecule has 0 aromatic rings. The summed E-state index contributed by atoms with van der Waals surface area (Å²) in [5.74, 6) is -0.269. The second-order valence-electron chi connectivity index (χ2n) is 16.0. The van der Waals surface area contributed by atoms with Gasteiger partial charge in [-0.25, -0.2) is 4.57 Å². The normalized spacial score (nSPS) is 15.1. The summed E-state index contributed by atoms with van der Waals surface area (Å²) in [6, 6.07) is -0.903. The summed E-state index contributed by atoms with van der Waals surface area (Å²) in [5.41, 5.74) is 0. The van der Waals surface area contributed by atoms with Crippen LogP contribution in [0.15, 0.2) is 72.9 Å². The quantitative estimate of drug-likeness (QED) is 0.0247. The van der Waals surface area contributed by atoms with Crippen LogP contribution in [0.3, 0.4) is 0 Å². The number of carbonyl (C=O) groups is 1. The molecule has 9 heteroatoms. The van der Waals surface area contributed by atoms with Crippen molar-refractivity contribution in [3.05, 3.63) is 72.9 Å². The van der Waals surface area contributed by atoms with Gasteiger partial charge in [-0.15, -0.1) is 0 Å². The molecule has 0 saturated heterocycles. The van der Waals surface area contributed by atoms with Crippen LogP contribution < -0.4 is 5.32 Å². The molecule has 0 bridgehead atoms. The summed E-state index contributed by atoms with van der Waals surface area (Å²) in [6.45, 7) is 4.60. The van der Waals surface area contributed by atoms with E-state index in [1.807, 2.05) is 39.4 Å². The van der Waals surface area contributed by atoms with E-state index in [4.69, 9.17) is 9.05 Å². The highest BCUT2D eigenvalue weighted by Gasteiger charge is 2.27. The van der Waals surface area contributed by atoms with Crippen molar-refractivity contribution in [1.29, 1.82) is 0 Å². The Bertz CT molecular complexity index is 1140. The Balaban J connectivity index is 4.52. The van der Waals surface area contributed by atoms with Crippen molar-refractivity contribution in [1.82, 2.24) is 5.32 Å². The van der Waals surface area contributed by atoms with Gasteiger partial charge >= 0.3 is 7.82 Å². The molecule has 0 saturated carbocycles. The summed E-state index contributed by atoms with van der Waals surface area (Å²) < 4.78 is 23.5. The maximum atomic E-state index is 12.8. The predicted octanol–water partition coefficient (Wildman–Crippen LogP) is 12.4. The molecule has 0 aliphatic rings. The van der Waals surface area contributed by atoms with Crippen molar-refractivity contribution in [3.63, 3.8) is 0 Å². The van der Waals surface area contributed by atoms with Crippen LogP contribution in [0.25, 0.3) is 0 Å². The number of phosphoric ester groups is 1. The lowest BCUT2D eigenvalue weighted by atomic mass is 10.0. The molecular weight excluding hydrogens is 719 g/mol.